The van der Waals surface area contributed by atoms with E-state index in [0.29, 0.717) is 11.3 Å². The number of nitrogens with one attached hydrogen (secondary N) is 3. The monoisotopic (exact) mass is 530 g/mol. The Morgan fingerprint density at radius 1 is 0.943 bits per heavy atom. The van der Waals surface area contributed by atoms with Crippen LogP contribution >= 0.6 is 24.4 Å². The number of thiol groups is 1. The number of rotatable bonds is 15. The molecule has 194 valence electrons. The highest BCUT2D eigenvalue weighted by atomic mass is 32.2. The third kappa shape index (κ3) is 10.9. The number of carboxylic acids is 2. The van der Waals surface area contributed by atoms with E-state index < -0.39 is 60.2 Å². The van der Waals surface area contributed by atoms with Gasteiger partial charge in [-0.25, -0.2) is 4.79 Å². The lowest BCUT2D eigenvalue weighted by Crippen LogP contribution is -2.58. The standard InChI is InChI=1S/C21H30N4O8S2/c1-35-7-6-14(23-18(29)13(22)8-11-2-4-12(26)5-3-11)19(30)24-15(9-17(27)28)20(31)25-16(10-34)21(32)33/h2-5,13-16,26,34H,6-10,22H2,1H3,(H,23,29)(H,24,30)(H,25,31)(H,27,28)(H,32,33). The molecule has 35 heavy (non-hydrogen) atoms. The minimum absolute atomic E-state index is 0.0598. The topological polar surface area (TPSA) is 208 Å². The van der Waals surface area contributed by atoms with E-state index in [-0.39, 0.29) is 24.3 Å². The smallest absolute Gasteiger partial charge is 0.327 e. The average Bonchev–Trinajstić information content (AvgIpc) is 2.80. The van der Waals surface area contributed by atoms with Crippen LogP contribution in [0, 0.1) is 0 Å². The van der Waals surface area contributed by atoms with Crippen LogP contribution in [0.1, 0.15) is 18.4 Å². The molecule has 0 aliphatic carbocycles. The minimum Gasteiger partial charge on any atom is -0.508 e. The lowest BCUT2D eigenvalue weighted by Gasteiger charge is -2.24. The van der Waals surface area contributed by atoms with Gasteiger partial charge < -0.3 is 37.0 Å². The van der Waals surface area contributed by atoms with Crippen LogP contribution in [-0.4, -0.2) is 86.9 Å². The molecule has 1 aromatic carbocycles. The number of nitrogens with two attached hydrogens (primary N) is 1. The first-order valence-electron chi connectivity index (χ1n) is 10.5. The molecule has 3 amide bonds. The SMILES string of the molecule is CSCCC(NC(=O)C(N)Cc1ccc(O)cc1)C(=O)NC(CC(=O)O)C(=O)NC(CS)C(=O)O. The van der Waals surface area contributed by atoms with Crippen molar-refractivity contribution in [2.75, 3.05) is 17.8 Å². The van der Waals surface area contributed by atoms with Gasteiger partial charge in [0.2, 0.25) is 17.7 Å². The highest BCUT2D eigenvalue weighted by Crippen LogP contribution is 2.11. The van der Waals surface area contributed by atoms with Crippen molar-refractivity contribution in [2.45, 2.75) is 43.4 Å². The molecular weight excluding hydrogens is 500 g/mol. The molecule has 0 radical (unpaired) electrons. The molecule has 1 rings (SSSR count). The maximum Gasteiger partial charge on any atom is 0.327 e. The number of aromatic hydroxyl groups is 1. The Bertz CT molecular complexity index is 900. The van der Waals surface area contributed by atoms with Gasteiger partial charge in [0.25, 0.3) is 0 Å². The quantitative estimate of drug-likeness (QED) is 0.129. The summed E-state index contributed by atoms with van der Waals surface area (Å²) in [7, 11) is 0. The number of phenolic OH excluding ortho intramolecular Hbond substituents is 1. The number of carbonyl (C=O) groups excluding carboxylic acids is 3. The van der Waals surface area contributed by atoms with Crippen LogP contribution in [0.15, 0.2) is 24.3 Å². The summed E-state index contributed by atoms with van der Waals surface area (Å²) in [6.45, 7) is 0. The Morgan fingerprint density at radius 3 is 2.00 bits per heavy atom. The third-order valence-corrected chi connectivity index (χ3v) is 5.79. The first kappa shape index (κ1) is 30.1. The number of hydrogen-bond acceptors (Lipinski definition) is 9. The van der Waals surface area contributed by atoms with Gasteiger partial charge in [0.05, 0.1) is 12.5 Å². The van der Waals surface area contributed by atoms with Crippen LogP contribution in [-0.2, 0) is 30.4 Å². The van der Waals surface area contributed by atoms with Crippen LogP contribution in [0.4, 0.5) is 0 Å². The molecule has 0 bridgehead atoms. The van der Waals surface area contributed by atoms with Crippen molar-refractivity contribution in [3.05, 3.63) is 29.8 Å². The van der Waals surface area contributed by atoms with E-state index in [1.165, 1.54) is 23.9 Å². The highest BCUT2D eigenvalue weighted by Gasteiger charge is 2.31. The number of thioether (sulfide) groups is 1. The molecule has 0 saturated carbocycles. The zero-order chi connectivity index (χ0) is 26.5. The summed E-state index contributed by atoms with van der Waals surface area (Å²) in [5, 5.41) is 34.5. The normalized spacial score (nSPS) is 14.1. The molecule has 12 nitrogen and oxygen atoms in total. The molecule has 0 saturated heterocycles. The number of carboxylic acid groups (broad SMARTS) is 2. The van der Waals surface area contributed by atoms with E-state index in [1.54, 1.807) is 18.4 Å². The number of carbonyl (C=O) groups is 5. The summed E-state index contributed by atoms with van der Waals surface area (Å²) in [5.41, 5.74) is 6.65. The maximum atomic E-state index is 12.9. The van der Waals surface area contributed by atoms with Crippen molar-refractivity contribution >= 4 is 54.1 Å². The van der Waals surface area contributed by atoms with Gasteiger partial charge in [-0.2, -0.15) is 24.4 Å². The Kier molecular flexibility index (Phi) is 13.0. The zero-order valence-corrected chi connectivity index (χ0v) is 20.7. The molecule has 0 aliphatic rings. The van der Waals surface area contributed by atoms with Crippen LogP contribution in [0.2, 0.25) is 0 Å². The summed E-state index contributed by atoms with van der Waals surface area (Å²) in [6, 6.07) is 0.995. The Morgan fingerprint density at radius 2 is 1.49 bits per heavy atom. The third-order valence-electron chi connectivity index (χ3n) is 4.78. The van der Waals surface area contributed by atoms with E-state index in [4.69, 9.17) is 15.9 Å². The number of amides is 3. The fourth-order valence-electron chi connectivity index (χ4n) is 2.88. The molecule has 8 N–H and O–H groups in total. The fraction of sp³-hybridized carbons (Fsp3) is 0.476. The summed E-state index contributed by atoms with van der Waals surface area (Å²) < 4.78 is 0. The summed E-state index contributed by atoms with van der Waals surface area (Å²) in [5.74, 6) is -4.97. The predicted molar refractivity (Wildman–Crippen MR) is 132 cm³/mol. The van der Waals surface area contributed by atoms with E-state index in [2.05, 4.69) is 28.6 Å². The second-order valence-corrected chi connectivity index (χ2v) is 8.91. The van der Waals surface area contributed by atoms with Gasteiger partial charge in [-0.15, -0.1) is 0 Å². The van der Waals surface area contributed by atoms with Crippen molar-refractivity contribution in [2.24, 2.45) is 5.73 Å². The second kappa shape index (κ2) is 15.1. The van der Waals surface area contributed by atoms with Gasteiger partial charge >= 0.3 is 11.9 Å². The number of benzene rings is 1. The van der Waals surface area contributed by atoms with Gasteiger partial charge in [0.15, 0.2) is 0 Å². The molecule has 0 aromatic heterocycles. The number of phenols is 1. The molecule has 4 atom stereocenters. The summed E-state index contributed by atoms with van der Waals surface area (Å²) in [6.07, 6.45) is 1.28. The van der Waals surface area contributed by atoms with Crippen LogP contribution in [0.3, 0.4) is 0 Å². The first-order valence-corrected chi connectivity index (χ1v) is 12.5. The van der Waals surface area contributed by atoms with Gasteiger partial charge in [-0.1, -0.05) is 12.1 Å². The van der Waals surface area contributed by atoms with Crippen molar-refractivity contribution in [3.8, 4) is 5.75 Å². The Hall–Kier alpha value is -2.97. The van der Waals surface area contributed by atoms with Gasteiger partial charge in [-0.05, 0) is 42.5 Å². The molecule has 0 spiro atoms. The number of aliphatic carboxylic acids is 2. The van der Waals surface area contributed by atoms with Gasteiger partial charge in [0.1, 0.15) is 23.9 Å². The van der Waals surface area contributed by atoms with E-state index in [9.17, 15) is 29.1 Å². The van der Waals surface area contributed by atoms with E-state index >= 15 is 0 Å². The zero-order valence-electron chi connectivity index (χ0n) is 19.0. The summed E-state index contributed by atoms with van der Waals surface area (Å²) >= 11 is 5.24. The first-order chi connectivity index (χ1) is 16.5. The predicted octanol–water partition coefficient (Wildman–Crippen LogP) is -1.04. The highest BCUT2D eigenvalue weighted by molar-refractivity contribution is 7.98. The molecule has 4 unspecified atom stereocenters. The lowest BCUT2D eigenvalue weighted by molar-refractivity contribution is -0.143. The van der Waals surface area contributed by atoms with E-state index in [1.807, 2.05) is 0 Å². The average molecular weight is 531 g/mol. The molecule has 14 heteroatoms. The van der Waals surface area contributed by atoms with Crippen LogP contribution in [0.25, 0.3) is 0 Å². The lowest BCUT2D eigenvalue weighted by atomic mass is 10.0. The summed E-state index contributed by atoms with van der Waals surface area (Å²) in [4.78, 5) is 60.3. The molecule has 0 aliphatic heterocycles. The largest absolute Gasteiger partial charge is 0.508 e. The van der Waals surface area contributed by atoms with Crippen molar-refractivity contribution in [1.29, 1.82) is 0 Å². The molecule has 1 aromatic rings. The van der Waals surface area contributed by atoms with Crippen molar-refractivity contribution < 1.29 is 39.3 Å². The number of hydrogen-bond donors (Lipinski definition) is 8. The van der Waals surface area contributed by atoms with E-state index in [0.717, 1.165) is 0 Å². The Labute approximate surface area is 211 Å². The minimum atomic E-state index is -1.58. The Balaban J connectivity index is 2.92. The maximum absolute atomic E-state index is 12.9. The van der Waals surface area contributed by atoms with Gasteiger partial charge in [-0.3, -0.25) is 19.2 Å². The molecule has 0 fully saturated rings. The second-order valence-electron chi connectivity index (χ2n) is 7.56. The van der Waals surface area contributed by atoms with Crippen molar-refractivity contribution in [3.63, 3.8) is 0 Å². The fourth-order valence-corrected chi connectivity index (χ4v) is 3.59. The van der Waals surface area contributed by atoms with Crippen molar-refractivity contribution in [1.82, 2.24) is 16.0 Å². The molecule has 0 heterocycles. The van der Waals surface area contributed by atoms with Crippen LogP contribution in [0.5, 0.6) is 5.75 Å². The van der Waals surface area contributed by atoms with Crippen LogP contribution < -0.4 is 21.7 Å². The molecular formula is C21H30N4O8S2. The van der Waals surface area contributed by atoms with Gasteiger partial charge in [0, 0.05) is 5.75 Å².